The van der Waals surface area contributed by atoms with Gasteiger partial charge in [-0.05, 0) is 18.1 Å². The summed E-state index contributed by atoms with van der Waals surface area (Å²) in [5, 5.41) is 8.81. The SMILES string of the molecule is CCc1cccc2c1N(C)C(CC#N)CS2(=O)=O. The third kappa shape index (κ3) is 1.97. The summed E-state index contributed by atoms with van der Waals surface area (Å²) < 4.78 is 24.5. The normalized spacial score (nSPS) is 21.2. The summed E-state index contributed by atoms with van der Waals surface area (Å²) in [5.74, 6) is 0.0250. The molecule has 1 aliphatic heterocycles. The summed E-state index contributed by atoms with van der Waals surface area (Å²) in [5.41, 5.74) is 1.78. The molecule has 4 nitrogen and oxygen atoms in total. The maximum Gasteiger partial charge on any atom is 0.182 e. The highest BCUT2D eigenvalue weighted by Gasteiger charge is 2.34. The molecule has 1 aromatic carbocycles. The second kappa shape index (κ2) is 4.62. The van der Waals surface area contributed by atoms with E-state index in [1.807, 2.05) is 24.9 Å². The molecule has 0 radical (unpaired) electrons. The molecule has 0 fully saturated rings. The zero-order valence-electron chi connectivity index (χ0n) is 10.5. The molecule has 0 amide bonds. The highest BCUT2D eigenvalue weighted by Crippen LogP contribution is 2.36. The van der Waals surface area contributed by atoms with Crippen molar-refractivity contribution in [2.24, 2.45) is 0 Å². The van der Waals surface area contributed by atoms with Crippen molar-refractivity contribution >= 4 is 15.5 Å². The van der Waals surface area contributed by atoms with E-state index in [0.29, 0.717) is 4.90 Å². The molecule has 5 heteroatoms. The van der Waals surface area contributed by atoms with Gasteiger partial charge in [0.1, 0.15) is 0 Å². The van der Waals surface area contributed by atoms with E-state index in [4.69, 9.17) is 5.26 Å². The molecule has 1 aromatic rings. The molecule has 1 aliphatic rings. The van der Waals surface area contributed by atoms with E-state index in [9.17, 15) is 8.42 Å². The molecule has 2 rings (SSSR count). The number of benzene rings is 1. The molecule has 1 heterocycles. The van der Waals surface area contributed by atoms with Gasteiger partial charge >= 0.3 is 0 Å². The van der Waals surface area contributed by atoms with Gasteiger partial charge in [-0.2, -0.15) is 5.26 Å². The average Bonchev–Trinajstić information content (AvgIpc) is 2.35. The summed E-state index contributed by atoms with van der Waals surface area (Å²) in [7, 11) is -1.40. The van der Waals surface area contributed by atoms with Gasteiger partial charge in [-0.15, -0.1) is 0 Å². The molecule has 0 aromatic heterocycles. The third-order valence-corrected chi connectivity index (χ3v) is 5.26. The van der Waals surface area contributed by atoms with Gasteiger partial charge in [0.25, 0.3) is 0 Å². The van der Waals surface area contributed by atoms with E-state index in [-0.39, 0.29) is 18.2 Å². The van der Waals surface area contributed by atoms with E-state index in [0.717, 1.165) is 17.7 Å². The van der Waals surface area contributed by atoms with Crippen molar-refractivity contribution in [3.8, 4) is 6.07 Å². The van der Waals surface area contributed by atoms with Crippen LogP contribution in [-0.4, -0.2) is 27.3 Å². The predicted molar refractivity (Wildman–Crippen MR) is 70.3 cm³/mol. The molecule has 1 atom stereocenters. The Morgan fingerprint density at radius 2 is 2.22 bits per heavy atom. The Labute approximate surface area is 108 Å². The number of rotatable bonds is 2. The largest absolute Gasteiger partial charge is 0.368 e. The lowest BCUT2D eigenvalue weighted by molar-refractivity contribution is 0.572. The maximum atomic E-state index is 12.2. The van der Waals surface area contributed by atoms with Crippen LogP contribution in [0.1, 0.15) is 18.9 Å². The number of para-hydroxylation sites is 1. The molecular formula is C13H16N2O2S. The van der Waals surface area contributed by atoms with Crippen molar-refractivity contribution in [2.45, 2.75) is 30.7 Å². The van der Waals surface area contributed by atoms with Gasteiger partial charge in [-0.25, -0.2) is 8.42 Å². The van der Waals surface area contributed by atoms with Crippen LogP contribution in [0.15, 0.2) is 23.1 Å². The quantitative estimate of drug-likeness (QED) is 0.816. The minimum Gasteiger partial charge on any atom is -0.368 e. The van der Waals surface area contributed by atoms with Crippen LogP contribution in [0, 0.1) is 11.3 Å². The van der Waals surface area contributed by atoms with Gasteiger partial charge in [-0.1, -0.05) is 19.1 Å². The topological polar surface area (TPSA) is 61.2 Å². The number of hydrogen-bond acceptors (Lipinski definition) is 4. The maximum absolute atomic E-state index is 12.2. The van der Waals surface area contributed by atoms with E-state index in [1.54, 1.807) is 12.1 Å². The highest BCUT2D eigenvalue weighted by atomic mass is 32.2. The van der Waals surface area contributed by atoms with Gasteiger partial charge in [0, 0.05) is 7.05 Å². The van der Waals surface area contributed by atoms with Crippen molar-refractivity contribution in [3.05, 3.63) is 23.8 Å². The number of sulfone groups is 1. The van der Waals surface area contributed by atoms with Crippen LogP contribution >= 0.6 is 0 Å². The lowest BCUT2D eigenvalue weighted by Gasteiger charge is -2.36. The standard InChI is InChI=1S/C13H16N2O2S/c1-3-10-5-4-6-12-13(10)15(2)11(7-8-14)9-18(12,16)17/h4-6,11H,3,7,9H2,1-2H3. The molecule has 0 N–H and O–H groups in total. The van der Waals surface area contributed by atoms with E-state index in [2.05, 4.69) is 6.07 Å². The van der Waals surface area contributed by atoms with Crippen LogP contribution in [0.2, 0.25) is 0 Å². The summed E-state index contributed by atoms with van der Waals surface area (Å²) >= 11 is 0. The third-order valence-electron chi connectivity index (χ3n) is 3.44. The zero-order chi connectivity index (χ0) is 13.3. The van der Waals surface area contributed by atoms with E-state index in [1.165, 1.54) is 0 Å². The van der Waals surface area contributed by atoms with Crippen LogP contribution in [-0.2, 0) is 16.3 Å². The number of anilines is 1. The van der Waals surface area contributed by atoms with Crippen molar-refractivity contribution < 1.29 is 8.42 Å². The smallest absolute Gasteiger partial charge is 0.182 e. The lowest BCUT2D eigenvalue weighted by Crippen LogP contribution is -2.42. The van der Waals surface area contributed by atoms with Crippen molar-refractivity contribution in [2.75, 3.05) is 17.7 Å². The Morgan fingerprint density at radius 1 is 1.50 bits per heavy atom. The lowest BCUT2D eigenvalue weighted by atomic mass is 10.1. The van der Waals surface area contributed by atoms with Gasteiger partial charge in [0.2, 0.25) is 0 Å². The first-order valence-electron chi connectivity index (χ1n) is 5.95. The molecule has 1 unspecified atom stereocenters. The molecule has 0 saturated heterocycles. The number of fused-ring (bicyclic) bond motifs is 1. The second-order valence-electron chi connectivity index (χ2n) is 4.53. The van der Waals surface area contributed by atoms with Crippen molar-refractivity contribution in [1.82, 2.24) is 0 Å². The van der Waals surface area contributed by atoms with Gasteiger partial charge in [0.05, 0.1) is 34.9 Å². The zero-order valence-corrected chi connectivity index (χ0v) is 11.4. The van der Waals surface area contributed by atoms with E-state index < -0.39 is 9.84 Å². The first-order chi connectivity index (χ1) is 8.51. The van der Waals surface area contributed by atoms with Crippen LogP contribution < -0.4 is 4.90 Å². The van der Waals surface area contributed by atoms with Crippen LogP contribution in [0.3, 0.4) is 0 Å². The molecule has 18 heavy (non-hydrogen) atoms. The van der Waals surface area contributed by atoms with Gasteiger partial charge in [-0.3, -0.25) is 0 Å². The fraction of sp³-hybridized carbons (Fsp3) is 0.462. The highest BCUT2D eigenvalue weighted by molar-refractivity contribution is 7.91. The molecule has 0 spiro atoms. The minimum absolute atomic E-state index is 0.0250. The number of hydrogen-bond donors (Lipinski definition) is 0. The number of aryl methyl sites for hydroxylation is 1. The summed E-state index contributed by atoms with van der Waals surface area (Å²) in [6.45, 7) is 2.00. The molecule has 96 valence electrons. The average molecular weight is 264 g/mol. The Kier molecular flexibility index (Phi) is 3.31. The monoisotopic (exact) mass is 264 g/mol. The Balaban J connectivity index is 2.64. The first-order valence-corrected chi connectivity index (χ1v) is 7.61. The summed E-state index contributed by atoms with van der Waals surface area (Å²) in [6.07, 6.45) is 1.01. The fourth-order valence-electron chi connectivity index (χ4n) is 2.44. The van der Waals surface area contributed by atoms with Crippen molar-refractivity contribution in [1.29, 1.82) is 5.26 Å². The first kappa shape index (κ1) is 12.9. The minimum atomic E-state index is -3.27. The molecule has 0 bridgehead atoms. The van der Waals surface area contributed by atoms with Gasteiger partial charge in [0.15, 0.2) is 9.84 Å². The molecular weight excluding hydrogens is 248 g/mol. The number of nitrogens with zero attached hydrogens (tertiary/aromatic N) is 2. The second-order valence-corrected chi connectivity index (χ2v) is 6.53. The Morgan fingerprint density at radius 3 is 2.83 bits per heavy atom. The van der Waals surface area contributed by atoms with Crippen LogP contribution in [0.25, 0.3) is 0 Å². The van der Waals surface area contributed by atoms with Crippen LogP contribution in [0.4, 0.5) is 5.69 Å². The van der Waals surface area contributed by atoms with E-state index >= 15 is 0 Å². The predicted octanol–water partition coefficient (Wildman–Crippen LogP) is 1.75. The fourth-order valence-corrected chi connectivity index (χ4v) is 4.33. The molecule has 0 saturated carbocycles. The Hall–Kier alpha value is -1.54. The Bertz CT molecular complexity index is 602. The summed E-state index contributed by atoms with van der Waals surface area (Å²) in [6, 6.07) is 7.20. The molecule has 0 aliphatic carbocycles. The summed E-state index contributed by atoms with van der Waals surface area (Å²) in [4.78, 5) is 2.34. The van der Waals surface area contributed by atoms with Crippen molar-refractivity contribution in [3.63, 3.8) is 0 Å². The number of nitriles is 1. The van der Waals surface area contributed by atoms with Crippen LogP contribution in [0.5, 0.6) is 0 Å². The van der Waals surface area contributed by atoms with Gasteiger partial charge < -0.3 is 4.90 Å².